The van der Waals surface area contributed by atoms with E-state index < -0.39 is 17.5 Å². The molecule has 0 radical (unpaired) electrons. The minimum absolute atomic E-state index is 0.129. The Morgan fingerprint density at radius 3 is 2.14 bits per heavy atom. The molecule has 0 atom stereocenters. The molecule has 3 rings (SSSR count). The summed E-state index contributed by atoms with van der Waals surface area (Å²) >= 11 is 0. The van der Waals surface area contributed by atoms with Gasteiger partial charge in [0.15, 0.2) is 11.6 Å². The number of nitrogens with zero attached hydrogens (tertiary/aromatic N) is 3. The SMILES string of the molecule is CC(=O)N(CC(=O)N1CCN(c2ccc(F)cc2)CC1)c1ccc(F)c(F)c1. The molecule has 0 aromatic heterocycles. The zero-order valence-electron chi connectivity index (χ0n) is 15.4. The van der Waals surface area contributed by atoms with E-state index in [1.54, 1.807) is 17.0 Å². The standard InChI is InChI=1S/C20H20F3N3O2/c1-14(27)26(17-6-7-18(22)19(23)12-17)13-20(28)25-10-8-24(9-11-25)16-4-2-15(21)3-5-16/h2-7,12H,8-11,13H2,1H3. The molecule has 0 spiro atoms. The number of hydrogen-bond acceptors (Lipinski definition) is 3. The third kappa shape index (κ3) is 4.44. The lowest BCUT2D eigenvalue weighted by Crippen LogP contribution is -2.51. The summed E-state index contributed by atoms with van der Waals surface area (Å²) in [4.78, 5) is 29.3. The van der Waals surface area contributed by atoms with Crippen molar-refractivity contribution in [1.82, 2.24) is 4.90 Å². The molecule has 1 aliphatic rings. The lowest BCUT2D eigenvalue weighted by molar-refractivity contribution is -0.131. The van der Waals surface area contributed by atoms with Gasteiger partial charge in [0.1, 0.15) is 12.4 Å². The van der Waals surface area contributed by atoms with Crippen LogP contribution in [0.15, 0.2) is 42.5 Å². The third-order valence-electron chi connectivity index (χ3n) is 4.71. The summed E-state index contributed by atoms with van der Waals surface area (Å²) < 4.78 is 39.7. The van der Waals surface area contributed by atoms with Crippen LogP contribution in [0, 0.1) is 17.5 Å². The van der Waals surface area contributed by atoms with Crippen molar-refractivity contribution in [2.24, 2.45) is 0 Å². The van der Waals surface area contributed by atoms with Crippen LogP contribution in [0.5, 0.6) is 0 Å². The van der Waals surface area contributed by atoms with Gasteiger partial charge in [0, 0.05) is 50.5 Å². The summed E-state index contributed by atoms with van der Waals surface area (Å²) in [6.07, 6.45) is 0. The molecule has 0 saturated carbocycles. The zero-order valence-corrected chi connectivity index (χ0v) is 15.4. The summed E-state index contributed by atoms with van der Waals surface area (Å²) in [6, 6.07) is 9.24. The maximum atomic E-state index is 13.5. The van der Waals surface area contributed by atoms with E-state index in [0.717, 1.165) is 22.7 Å². The predicted molar refractivity (Wildman–Crippen MR) is 99.6 cm³/mol. The van der Waals surface area contributed by atoms with Crippen LogP contribution in [0.25, 0.3) is 0 Å². The Kier molecular flexibility index (Phi) is 5.87. The van der Waals surface area contributed by atoms with E-state index in [1.165, 1.54) is 25.1 Å². The van der Waals surface area contributed by atoms with Crippen LogP contribution < -0.4 is 9.80 Å². The van der Waals surface area contributed by atoms with Crippen molar-refractivity contribution in [3.8, 4) is 0 Å². The van der Waals surface area contributed by atoms with Crippen molar-refractivity contribution in [2.45, 2.75) is 6.92 Å². The minimum atomic E-state index is -1.08. The fourth-order valence-electron chi connectivity index (χ4n) is 3.14. The van der Waals surface area contributed by atoms with Gasteiger partial charge in [-0.15, -0.1) is 0 Å². The Morgan fingerprint density at radius 2 is 1.57 bits per heavy atom. The maximum Gasteiger partial charge on any atom is 0.242 e. The second-order valence-electron chi connectivity index (χ2n) is 6.55. The Balaban J connectivity index is 1.62. The largest absolute Gasteiger partial charge is 0.368 e. The minimum Gasteiger partial charge on any atom is -0.368 e. The average molecular weight is 391 g/mol. The van der Waals surface area contributed by atoms with Crippen LogP contribution in [0.1, 0.15) is 6.92 Å². The first-order valence-corrected chi connectivity index (χ1v) is 8.86. The van der Waals surface area contributed by atoms with Crippen LogP contribution in [0.3, 0.4) is 0 Å². The number of amides is 2. The van der Waals surface area contributed by atoms with E-state index in [4.69, 9.17) is 0 Å². The molecule has 1 aliphatic heterocycles. The molecule has 148 valence electrons. The lowest BCUT2D eigenvalue weighted by Gasteiger charge is -2.37. The van der Waals surface area contributed by atoms with E-state index in [9.17, 15) is 22.8 Å². The van der Waals surface area contributed by atoms with Gasteiger partial charge in [-0.25, -0.2) is 13.2 Å². The number of hydrogen-bond donors (Lipinski definition) is 0. The monoisotopic (exact) mass is 391 g/mol. The number of piperazine rings is 1. The van der Waals surface area contributed by atoms with Crippen LogP contribution in [0.4, 0.5) is 24.5 Å². The molecule has 8 heteroatoms. The molecular weight excluding hydrogens is 371 g/mol. The zero-order chi connectivity index (χ0) is 20.3. The molecule has 0 N–H and O–H groups in total. The topological polar surface area (TPSA) is 43.9 Å². The van der Waals surface area contributed by atoms with Crippen LogP contribution in [-0.4, -0.2) is 49.4 Å². The van der Waals surface area contributed by atoms with Crippen LogP contribution in [0.2, 0.25) is 0 Å². The molecule has 0 unspecified atom stereocenters. The molecule has 28 heavy (non-hydrogen) atoms. The maximum absolute atomic E-state index is 13.5. The first-order chi connectivity index (χ1) is 13.3. The fraction of sp³-hybridized carbons (Fsp3) is 0.300. The first-order valence-electron chi connectivity index (χ1n) is 8.86. The van der Waals surface area contributed by atoms with Gasteiger partial charge in [-0.3, -0.25) is 9.59 Å². The van der Waals surface area contributed by atoms with E-state index in [2.05, 4.69) is 0 Å². The van der Waals surface area contributed by atoms with Crippen molar-refractivity contribution < 1.29 is 22.8 Å². The van der Waals surface area contributed by atoms with E-state index >= 15 is 0 Å². The van der Waals surface area contributed by atoms with Crippen LogP contribution in [-0.2, 0) is 9.59 Å². The third-order valence-corrected chi connectivity index (χ3v) is 4.71. The smallest absolute Gasteiger partial charge is 0.242 e. The van der Waals surface area contributed by atoms with Gasteiger partial charge in [-0.2, -0.15) is 0 Å². The molecule has 1 saturated heterocycles. The second-order valence-corrected chi connectivity index (χ2v) is 6.55. The highest BCUT2D eigenvalue weighted by atomic mass is 19.2. The summed E-state index contributed by atoms with van der Waals surface area (Å²) in [5, 5.41) is 0. The highest BCUT2D eigenvalue weighted by molar-refractivity contribution is 5.97. The van der Waals surface area contributed by atoms with Gasteiger partial charge < -0.3 is 14.7 Å². The van der Waals surface area contributed by atoms with Gasteiger partial charge >= 0.3 is 0 Å². The molecule has 1 heterocycles. The Hall–Kier alpha value is -3.03. The number of rotatable bonds is 4. The van der Waals surface area contributed by atoms with Crippen molar-refractivity contribution in [3.63, 3.8) is 0 Å². The van der Waals surface area contributed by atoms with E-state index in [-0.39, 0.29) is 24.0 Å². The Morgan fingerprint density at radius 1 is 0.929 bits per heavy atom. The van der Waals surface area contributed by atoms with Crippen LogP contribution >= 0.6 is 0 Å². The quantitative estimate of drug-likeness (QED) is 0.805. The van der Waals surface area contributed by atoms with Crippen molar-refractivity contribution >= 4 is 23.2 Å². The number of halogens is 3. The normalized spacial score (nSPS) is 14.1. The number of benzene rings is 2. The molecule has 2 amide bonds. The summed E-state index contributed by atoms with van der Waals surface area (Å²) in [7, 11) is 0. The number of carbonyl (C=O) groups excluding carboxylic acids is 2. The van der Waals surface area contributed by atoms with Gasteiger partial charge in [-0.05, 0) is 36.4 Å². The number of carbonyl (C=O) groups is 2. The van der Waals surface area contributed by atoms with Gasteiger partial charge in [0.2, 0.25) is 11.8 Å². The molecule has 2 aromatic carbocycles. The predicted octanol–water partition coefficient (Wildman–Crippen LogP) is 2.81. The Bertz CT molecular complexity index is 865. The number of anilines is 2. The van der Waals surface area contributed by atoms with Gasteiger partial charge in [0.05, 0.1) is 0 Å². The summed E-state index contributed by atoms with van der Waals surface area (Å²) in [6.45, 7) is 3.04. The van der Waals surface area contributed by atoms with Gasteiger partial charge in [0.25, 0.3) is 0 Å². The van der Waals surface area contributed by atoms with Crippen molar-refractivity contribution in [2.75, 3.05) is 42.5 Å². The van der Waals surface area contributed by atoms with Gasteiger partial charge in [-0.1, -0.05) is 0 Å². The molecule has 1 fully saturated rings. The molecule has 0 bridgehead atoms. The molecule has 2 aromatic rings. The molecular formula is C20H20F3N3O2. The highest BCUT2D eigenvalue weighted by Crippen LogP contribution is 2.20. The van der Waals surface area contributed by atoms with E-state index in [1.807, 2.05) is 4.90 Å². The molecule has 5 nitrogen and oxygen atoms in total. The average Bonchev–Trinajstić information content (AvgIpc) is 2.68. The molecule has 0 aliphatic carbocycles. The summed E-state index contributed by atoms with van der Waals surface area (Å²) in [5.74, 6) is -3.12. The highest BCUT2D eigenvalue weighted by Gasteiger charge is 2.25. The van der Waals surface area contributed by atoms with E-state index in [0.29, 0.717) is 26.2 Å². The van der Waals surface area contributed by atoms with Crippen molar-refractivity contribution in [1.29, 1.82) is 0 Å². The Labute approximate surface area is 161 Å². The lowest BCUT2D eigenvalue weighted by atomic mass is 10.2. The fourth-order valence-corrected chi connectivity index (χ4v) is 3.14. The summed E-state index contributed by atoms with van der Waals surface area (Å²) in [5.41, 5.74) is 1.00. The van der Waals surface area contributed by atoms with Crippen molar-refractivity contribution in [3.05, 3.63) is 59.9 Å². The second kappa shape index (κ2) is 8.33. The first kappa shape index (κ1) is 19.7.